The van der Waals surface area contributed by atoms with Crippen molar-refractivity contribution in [2.24, 2.45) is 0 Å². The molecule has 0 bridgehead atoms. The van der Waals surface area contributed by atoms with Gasteiger partial charge in [-0.3, -0.25) is 0 Å². The summed E-state index contributed by atoms with van der Waals surface area (Å²) in [6, 6.07) is 0. The molecule has 1 saturated heterocycles. The molecular weight excluding hydrogens is 382 g/mol. The summed E-state index contributed by atoms with van der Waals surface area (Å²) in [6.45, 7) is 2.75. The predicted molar refractivity (Wildman–Crippen MR) is 114 cm³/mol. The first-order chi connectivity index (χ1) is 12.8. The van der Waals surface area contributed by atoms with Gasteiger partial charge < -0.3 is 0 Å². The van der Waals surface area contributed by atoms with E-state index in [0.717, 1.165) is 19.3 Å². The standard InChI is InChI=1S/C20H41NO4S2/c1-3-4-5-6-7-8-9-10-11-12-13-14-15-17-21(2)27(24,25)20-16-18-26(22,23)19-20/h20H,3-19H2,1-2H3. The van der Waals surface area contributed by atoms with E-state index in [1.54, 1.807) is 7.05 Å². The van der Waals surface area contributed by atoms with Gasteiger partial charge in [0.25, 0.3) is 0 Å². The van der Waals surface area contributed by atoms with Crippen LogP contribution in [-0.2, 0) is 19.9 Å². The number of sulfonamides is 1. The first kappa shape index (κ1) is 24.9. The molecule has 1 rings (SSSR count). The Labute approximate surface area is 168 Å². The van der Waals surface area contributed by atoms with Gasteiger partial charge in [0.05, 0.1) is 16.8 Å². The fraction of sp³-hybridized carbons (Fsp3) is 1.00. The maximum Gasteiger partial charge on any atom is 0.217 e. The smallest absolute Gasteiger partial charge is 0.217 e. The van der Waals surface area contributed by atoms with Crippen molar-refractivity contribution in [3.63, 3.8) is 0 Å². The Morgan fingerprint density at radius 2 is 1.26 bits per heavy atom. The Morgan fingerprint density at radius 3 is 1.67 bits per heavy atom. The molecule has 7 heteroatoms. The van der Waals surface area contributed by atoms with Crippen LogP contribution in [0.3, 0.4) is 0 Å². The lowest BCUT2D eigenvalue weighted by atomic mass is 10.0. The molecule has 0 aromatic heterocycles. The maximum atomic E-state index is 12.4. The zero-order chi connectivity index (χ0) is 20.2. The van der Waals surface area contributed by atoms with E-state index in [9.17, 15) is 16.8 Å². The van der Waals surface area contributed by atoms with Gasteiger partial charge in [0, 0.05) is 13.6 Å². The molecule has 0 N–H and O–H groups in total. The molecule has 162 valence electrons. The van der Waals surface area contributed by atoms with Crippen LogP contribution in [0.1, 0.15) is 96.8 Å². The molecule has 0 saturated carbocycles. The first-order valence-corrected chi connectivity index (χ1v) is 14.3. The van der Waals surface area contributed by atoms with Crippen LogP contribution in [0.5, 0.6) is 0 Å². The van der Waals surface area contributed by atoms with E-state index in [1.165, 1.54) is 68.5 Å². The van der Waals surface area contributed by atoms with Gasteiger partial charge in [-0.1, -0.05) is 84.0 Å². The van der Waals surface area contributed by atoms with Crippen molar-refractivity contribution < 1.29 is 16.8 Å². The normalized spacial score (nSPS) is 19.7. The Balaban J connectivity index is 2.00. The Bertz CT molecular complexity index is 587. The minimum Gasteiger partial charge on any atom is -0.229 e. The lowest BCUT2D eigenvalue weighted by Crippen LogP contribution is -2.37. The lowest BCUT2D eigenvalue weighted by molar-refractivity contribution is 0.440. The number of unbranched alkanes of at least 4 members (excludes halogenated alkanes) is 12. The lowest BCUT2D eigenvalue weighted by Gasteiger charge is -2.20. The van der Waals surface area contributed by atoms with Gasteiger partial charge >= 0.3 is 0 Å². The van der Waals surface area contributed by atoms with Crippen LogP contribution in [-0.4, -0.2) is 51.5 Å². The van der Waals surface area contributed by atoms with Crippen molar-refractivity contribution in [1.29, 1.82) is 0 Å². The second-order valence-electron chi connectivity index (χ2n) is 8.13. The number of nitrogens with zero attached hydrogens (tertiary/aromatic N) is 1. The molecule has 1 aliphatic rings. The minimum absolute atomic E-state index is 0.00345. The molecule has 1 fully saturated rings. The number of hydrogen-bond acceptors (Lipinski definition) is 4. The van der Waals surface area contributed by atoms with E-state index in [4.69, 9.17) is 0 Å². The van der Waals surface area contributed by atoms with E-state index < -0.39 is 25.1 Å². The quantitative estimate of drug-likeness (QED) is 0.342. The molecule has 0 aliphatic carbocycles. The predicted octanol–water partition coefficient (Wildman–Crippen LogP) is 4.53. The molecule has 1 unspecified atom stereocenters. The molecule has 27 heavy (non-hydrogen) atoms. The number of hydrogen-bond donors (Lipinski definition) is 0. The SMILES string of the molecule is CCCCCCCCCCCCCCCN(C)S(=O)(=O)C1CCS(=O)(=O)C1. The fourth-order valence-corrected chi connectivity index (χ4v) is 8.04. The summed E-state index contributed by atoms with van der Waals surface area (Å²) in [6.07, 6.45) is 16.7. The van der Waals surface area contributed by atoms with E-state index in [1.807, 2.05) is 0 Å². The van der Waals surface area contributed by atoms with Crippen LogP contribution >= 0.6 is 0 Å². The summed E-state index contributed by atoms with van der Waals surface area (Å²) < 4.78 is 49.3. The third-order valence-corrected chi connectivity index (χ3v) is 9.90. The Hall–Kier alpha value is -0.140. The summed E-state index contributed by atoms with van der Waals surface area (Å²) in [5.41, 5.74) is 0. The average Bonchev–Trinajstić information content (AvgIpc) is 2.99. The molecular formula is C20H41NO4S2. The fourth-order valence-electron chi connectivity index (χ4n) is 3.73. The van der Waals surface area contributed by atoms with Crippen LogP contribution < -0.4 is 0 Å². The third-order valence-electron chi connectivity index (χ3n) is 5.62. The topological polar surface area (TPSA) is 71.5 Å². The monoisotopic (exact) mass is 423 g/mol. The van der Waals surface area contributed by atoms with Gasteiger partial charge in [-0.15, -0.1) is 0 Å². The summed E-state index contributed by atoms with van der Waals surface area (Å²) in [7, 11) is -5.05. The molecule has 1 atom stereocenters. The molecule has 0 aromatic rings. The molecule has 0 amide bonds. The number of rotatable bonds is 16. The first-order valence-electron chi connectivity index (χ1n) is 10.9. The molecule has 0 aromatic carbocycles. The van der Waals surface area contributed by atoms with Crippen LogP contribution in [0, 0.1) is 0 Å². The highest BCUT2D eigenvalue weighted by Gasteiger charge is 2.39. The van der Waals surface area contributed by atoms with Gasteiger partial charge in [0.15, 0.2) is 9.84 Å². The summed E-state index contributed by atoms with van der Waals surface area (Å²) in [4.78, 5) is 0. The van der Waals surface area contributed by atoms with E-state index in [0.29, 0.717) is 6.54 Å². The third kappa shape index (κ3) is 10.3. The summed E-state index contributed by atoms with van der Waals surface area (Å²) in [5, 5.41) is -0.741. The number of sulfone groups is 1. The van der Waals surface area contributed by atoms with E-state index in [-0.39, 0.29) is 17.9 Å². The summed E-state index contributed by atoms with van der Waals surface area (Å²) >= 11 is 0. The van der Waals surface area contributed by atoms with Crippen molar-refractivity contribution in [2.75, 3.05) is 25.1 Å². The molecule has 5 nitrogen and oxygen atoms in total. The largest absolute Gasteiger partial charge is 0.229 e. The van der Waals surface area contributed by atoms with Crippen LogP contribution in [0.4, 0.5) is 0 Å². The van der Waals surface area contributed by atoms with Crippen molar-refractivity contribution in [2.45, 2.75) is 102 Å². The Morgan fingerprint density at radius 1 is 0.815 bits per heavy atom. The molecule has 0 radical (unpaired) electrons. The average molecular weight is 424 g/mol. The highest BCUT2D eigenvalue weighted by atomic mass is 32.2. The maximum absolute atomic E-state index is 12.4. The van der Waals surface area contributed by atoms with Crippen LogP contribution in [0.25, 0.3) is 0 Å². The molecule has 1 aliphatic heterocycles. The second-order valence-corrected chi connectivity index (χ2v) is 12.7. The summed E-state index contributed by atoms with van der Waals surface area (Å²) in [5.74, 6) is -0.207. The zero-order valence-corrected chi connectivity index (χ0v) is 19.1. The second kappa shape index (κ2) is 13.2. The molecule has 0 spiro atoms. The molecule has 1 heterocycles. The van der Waals surface area contributed by atoms with Gasteiger partial charge in [-0.2, -0.15) is 0 Å². The minimum atomic E-state index is -3.47. The van der Waals surface area contributed by atoms with Crippen molar-refractivity contribution in [3.8, 4) is 0 Å². The highest BCUT2D eigenvalue weighted by Crippen LogP contribution is 2.22. The van der Waals surface area contributed by atoms with E-state index >= 15 is 0 Å². The van der Waals surface area contributed by atoms with Crippen molar-refractivity contribution in [1.82, 2.24) is 4.31 Å². The Kier molecular flexibility index (Phi) is 12.1. The van der Waals surface area contributed by atoms with Gasteiger partial charge in [0.1, 0.15) is 0 Å². The zero-order valence-electron chi connectivity index (χ0n) is 17.5. The van der Waals surface area contributed by atoms with Gasteiger partial charge in [0.2, 0.25) is 10.0 Å². The van der Waals surface area contributed by atoms with Gasteiger partial charge in [-0.25, -0.2) is 21.1 Å². The van der Waals surface area contributed by atoms with E-state index in [2.05, 4.69) is 6.92 Å². The van der Waals surface area contributed by atoms with Gasteiger partial charge in [-0.05, 0) is 12.8 Å². The highest BCUT2D eigenvalue weighted by molar-refractivity contribution is 7.95. The van der Waals surface area contributed by atoms with Crippen molar-refractivity contribution in [3.05, 3.63) is 0 Å². The van der Waals surface area contributed by atoms with Crippen molar-refractivity contribution >= 4 is 19.9 Å². The van der Waals surface area contributed by atoms with Crippen LogP contribution in [0.15, 0.2) is 0 Å². The van der Waals surface area contributed by atoms with Crippen LogP contribution in [0.2, 0.25) is 0 Å².